The summed E-state index contributed by atoms with van der Waals surface area (Å²) in [6.07, 6.45) is -0.0129. The molecule has 4 amide bonds. The number of rotatable bonds is 10. The van der Waals surface area contributed by atoms with Gasteiger partial charge in [0.15, 0.2) is 0 Å². The topological polar surface area (TPSA) is 110 Å². The molecule has 1 unspecified atom stereocenters. The van der Waals surface area contributed by atoms with E-state index in [4.69, 9.17) is 9.47 Å². The maximum absolute atomic E-state index is 14.4. The van der Waals surface area contributed by atoms with E-state index >= 15 is 0 Å². The number of ether oxygens (including phenoxy) is 2. The summed E-state index contributed by atoms with van der Waals surface area (Å²) in [5.74, 6) is -1.31. The fraction of sp³-hybridized carbons (Fsp3) is 0.333. The summed E-state index contributed by atoms with van der Waals surface area (Å²) in [5.41, 5.74) is 3.31. The number of nitrogens with zero attached hydrogens (tertiary/aromatic N) is 2. The average Bonchev–Trinajstić information content (AvgIpc) is 3.53. The molecule has 2 heterocycles. The summed E-state index contributed by atoms with van der Waals surface area (Å²) in [7, 11) is 1.58. The number of methoxy groups -OCH3 is 1. The van der Waals surface area contributed by atoms with Crippen LogP contribution in [0.4, 0.5) is 14.9 Å². The van der Waals surface area contributed by atoms with Gasteiger partial charge in [-0.2, -0.15) is 0 Å². The maximum atomic E-state index is 14.4. The normalized spacial score (nSPS) is 15.4. The lowest BCUT2D eigenvalue weighted by atomic mass is 10.0. The number of amides is 4. The maximum Gasteiger partial charge on any atom is 0.325 e. The summed E-state index contributed by atoms with van der Waals surface area (Å²) in [5, 5.41) is 6.89. The van der Waals surface area contributed by atoms with Crippen LogP contribution in [0.1, 0.15) is 36.7 Å². The van der Waals surface area contributed by atoms with Crippen molar-refractivity contribution in [2.75, 3.05) is 25.6 Å². The third-order valence-electron chi connectivity index (χ3n) is 5.62. The summed E-state index contributed by atoms with van der Waals surface area (Å²) < 4.78 is 24.9. The standard InChI is InChI=1S/C25H25FN4O5S.C2H6/c1-15-3-8-20(19(26)11-15)28-23(31)21(12-17-13-36-14-27-17)30-24(32)22(29-25(30)33)16-4-6-18(7-5-16)35-10-9-34-2;1-2/h3-8,11,13-14,21-22H,9-10,12H2,1-2H3,(H,28,31)(H,29,33);1-2H3/t21?,22-;/m1./s1. The highest BCUT2D eigenvalue weighted by molar-refractivity contribution is 7.07. The zero-order chi connectivity index (χ0) is 27.7. The van der Waals surface area contributed by atoms with Gasteiger partial charge in [0.2, 0.25) is 5.91 Å². The van der Waals surface area contributed by atoms with E-state index in [0.717, 1.165) is 4.90 Å². The average molecular weight is 543 g/mol. The molecule has 1 saturated heterocycles. The zero-order valence-corrected chi connectivity index (χ0v) is 22.5. The van der Waals surface area contributed by atoms with Crippen LogP contribution in [-0.2, 0) is 20.7 Å². The number of carbonyl (C=O) groups is 3. The largest absolute Gasteiger partial charge is 0.491 e. The van der Waals surface area contributed by atoms with Gasteiger partial charge in [0.25, 0.3) is 5.91 Å². The lowest BCUT2D eigenvalue weighted by molar-refractivity contribution is -0.134. The van der Waals surface area contributed by atoms with Crippen molar-refractivity contribution < 1.29 is 28.2 Å². The quantitative estimate of drug-likeness (QED) is 0.289. The Hall–Kier alpha value is -3.83. The van der Waals surface area contributed by atoms with Crippen LogP contribution >= 0.6 is 11.3 Å². The first-order chi connectivity index (χ1) is 18.4. The van der Waals surface area contributed by atoms with Crippen molar-refractivity contribution >= 4 is 34.9 Å². The van der Waals surface area contributed by atoms with Crippen molar-refractivity contribution in [3.63, 3.8) is 0 Å². The molecule has 4 rings (SSSR count). The Labute approximate surface area is 225 Å². The number of hydrogen-bond donors (Lipinski definition) is 2. The van der Waals surface area contributed by atoms with E-state index in [-0.39, 0.29) is 12.1 Å². The second kappa shape index (κ2) is 13.6. The molecule has 2 aromatic carbocycles. The lowest BCUT2D eigenvalue weighted by Crippen LogP contribution is -2.49. The highest BCUT2D eigenvalue weighted by atomic mass is 32.1. The minimum Gasteiger partial charge on any atom is -0.491 e. The van der Waals surface area contributed by atoms with Crippen molar-refractivity contribution in [1.82, 2.24) is 15.2 Å². The van der Waals surface area contributed by atoms with E-state index in [0.29, 0.717) is 35.8 Å². The Morgan fingerprint density at radius 2 is 1.92 bits per heavy atom. The number of benzene rings is 2. The predicted molar refractivity (Wildman–Crippen MR) is 143 cm³/mol. The molecular weight excluding hydrogens is 511 g/mol. The number of hydrogen-bond acceptors (Lipinski definition) is 7. The number of carbonyl (C=O) groups excluding carboxylic acids is 3. The molecule has 38 heavy (non-hydrogen) atoms. The van der Waals surface area contributed by atoms with Gasteiger partial charge in [-0.1, -0.05) is 32.0 Å². The number of halogens is 1. The molecule has 0 spiro atoms. The van der Waals surface area contributed by atoms with Gasteiger partial charge in [-0.25, -0.2) is 19.1 Å². The molecule has 2 N–H and O–H groups in total. The molecule has 0 aliphatic carbocycles. The van der Waals surface area contributed by atoms with E-state index in [9.17, 15) is 18.8 Å². The van der Waals surface area contributed by atoms with Crippen LogP contribution in [0.3, 0.4) is 0 Å². The van der Waals surface area contributed by atoms with E-state index in [2.05, 4.69) is 15.6 Å². The summed E-state index contributed by atoms with van der Waals surface area (Å²) in [6.45, 7) is 6.53. The third-order valence-corrected chi connectivity index (χ3v) is 6.26. The van der Waals surface area contributed by atoms with Crippen LogP contribution in [-0.4, -0.2) is 54.1 Å². The van der Waals surface area contributed by atoms with Gasteiger partial charge < -0.3 is 20.1 Å². The van der Waals surface area contributed by atoms with Crippen LogP contribution < -0.4 is 15.4 Å². The molecule has 0 radical (unpaired) electrons. The SMILES string of the molecule is CC.COCCOc1ccc([C@H]2NC(=O)N(C(Cc3cscn3)C(=O)Nc3ccc(C)cc3F)C2=O)cc1. The molecule has 0 bridgehead atoms. The van der Waals surface area contributed by atoms with E-state index < -0.39 is 35.7 Å². The van der Waals surface area contributed by atoms with Crippen LogP contribution in [0.25, 0.3) is 0 Å². The summed E-state index contributed by atoms with van der Waals surface area (Å²) in [6, 6.07) is 8.17. The Balaban J connectivity index is 0.00000195. The van der Waals surface area contributed by atoms with Crippen LogP contribution in [0, 0.1) is 12.7 Å². The van der Waals surface area contributed by atoms with Crippen molar-refractivity contribution in [2.24, 2.45) is 0 Å². The van der Waals surface area contributed by atoms with Crippen molar-refractivity contribution in [3.05, 3.63) is 76.0 Å². The highest BCUT2D eigenvalue weighted by Crippen LogP contribution is 2.27. The number of aromatic nitrogens is 1. The smallest absolute Gasteiger partial charge is 0.325 e. The highest BCUT2D eigenvalue weighted by Gasteiger charge is 2.45. The fourth-order valence-electron chi connectivity index (χ4n) is 3.79. The monoisotopic (exact) mass is 542 g/mol. The van der Waals surface area contributed by atoms with Gasteiger partial charge in [-0.15, -0.1) is 11.3 Å². The molecule has 11 heteroatoms. The number of imide groups is 1. The number of nitrogens with one attached hydrogen (secondary N) is 2. The molecule has 1 fully saturated rings. The van der Waals surface area contributed by atoms with Gasteiger partial charge >= 0.3 is 6.03 Å². The first kappa shape index (κ1) is 28.7. The molecule has 0 saturated carbocycles. The Bertz CT molecular complexity index is 1240. The molecule has 9 nitrogen and oxygen atoms in total. The predicted octanol–water partition coefficient (Wildman–Crippen LogP) is 4.48. The van der Waals surface area contributed by atoms with Gasteiger partial charge in [0, 0.05) is 18.9 Å². The molecule has 2 atom stereocenters. The van der Waals surface area contributed by atoms with Crippen molar-refractivity contribution in [1.29, 1.82) is 0 Å². The molecule has 1 aliphatic heterocycles. The molecule has 3 aromatic rings. The zero-order valence-electron chi connectivity index (χ0n) is 21.7. The molecular formula is C27H31FN4O5S. The lowest BCUT2D eigenvalue weighted by Gasteiger charge is -2.24. The molecule has 1 aromatic heterocycles. The van der Waals surface area contributed by atoms with Gasteiger partial charge in [0.1, 0.15) is 30.3 Å². The van der Waals surface area contributed by atoms with Gasteiger partial charge in [-0.3, -0.25) is 9.59 Å². The summed E-state index contributed by atoms with van der Waals surface area (Å²) in [4.78, 5) is 44.6. The number of thiazole rings is 1. The van der Waals surface area contributed by atoms with Crippen molar-refractivity contribution in [2.45, 2.75) is 39.3 Å². The van der Waals surface area contributed by atoms with E-state index in [1.807, 2.05) is 13.8 Å². The number of aryl methyl sites for hydroxylation is 1. The first-order valence-corrected chi connectivity index (χ1v) is 13.1. The number of anilines is 1. The van der Waals surface area contributed by atoms with Gasteiger partial charge in [0.05, 0.1) is 23.5 Å². The minimum atomic E-state index is -1.23. The van der Waals surface area contributed by atoms with E-state index in [1.54, 1.807) is 55.3 Å². The fourth-order valence-corrected chi connectivity index (χ4v) is 4.36. The Morgan fingerprint density at radius 1 is 1.18 bits per heavy atom. The first-order valence-electron chi connectivity index (χ1n) is 12.2. The minimum absolute atomic E-state index is 0.0129. The Kier molecular flexibility index (Phi) is 10.3. The van der Waals surface area contributed by atoms with Crippen molar-refractivity contribution in [3.8, 4) is 5.75 Å². The van der Waals surface area contributed by atoms with Gasteiger partial charge in [-0.05, 0) is 42.3 Å². The van der Waals surface area contributed by atoms with Crippen LogP contribution in [0.5, 0.6) is 5.75 Å². The molecule has 1 aliphatic rings. The third kappa shape index (κ3) is 6.93. The van der Waals surface area contributed by atoms with E-state index in [1.165, 1.54) is 23.5 Å². The second-order valence-electron chi connectivity index (χ2n) is 8.17. The second-order valence-corrected chi connectivity index (χ2v) is 8.89. The molecule has 202 valence electrons. The Morgan fingerprint density at radius 3 is 2.55 bits per heavy atom. The van der Waals surface area contributed by atoms with Crippen LogP contribution in [0.2, 0.25) is 0 Å². The summed E-state index contributed by atoms with van der Waals surface area (Å²) >= 11 is 1.32. The number of urea groups is 1. The van der Waals surface area contributed by atoms with Crippen LogP contribution in [0.15, 0.2) is 53.4 Å².